The van der Waals surface area contributed by atoms with Crippen LogP contribution in [0.2, 0.25) is 0 Å². The summed E-state index contributed by atoms with van der Waals surface area (Å²) in [5.41, 5.74) is -1.13. The van der Waals surface area contributed by atoms with E-state index in [1.807, 2.05) is 20.8 Å². The van der Waals surface area contributed by atoms with Gasteiger partial charge in [-0.1, -0.05) is 0 Å². The van der Waals surface area contributed by atoms with Gasteiger partial charge in [0, 0.05) is 5.54 Å². The lowest BCUT2D eigenvalue weighted by Gasteiger charge is -2.31. The minimum Gasteiger partial charge on any atom is -0.394 e. The van der Waals surface area contributed by atoms with Gasteiger partial charge in [-0.15, -0.1) is 0 Å². The fraction of sp³-hybridized carbons (Fsp3) is 0.909. The lowest BCUT2D eigenvalue weighted by Crippen LogP contribution is -2.58. The molecule has 0 fully saturated rings. The number of rotatable bonds is 5. The second kappa shape index (κ2) is 5.61. The summed E-state index contributed by atoms with van der Waals surface area (Å²) in [7, 11) is 0. The molecule has 0 saturated carbocycles. The molecule has 0 aromatic rings. The van der Waals surface area contributed by atoms with E-state index in [1.54, 1.807) is 13.8 Å². The van der Waals surface area contributed by atoms with Crippen LogP contribution in [-0.4, -0.2) is 46.5 Å². The Hall–Kier alpha value is -0.650. The molecule has 0 aromatic carbocycles. The predicted molar refractivity (Wildman–Crippen MR) is 63.1 cm³/mol. The van der Waals surface area contributed by atoms with Crippen molar-refractivity contribution in [1.82, 2.24) is 10.6 Å². The van der Waals surface area contributed by atoms with Crippen molar-refractivity contribution in [1.29, 1.82) is 0 Å². The summed E-state index contributed by atoms with van der Waals surface area (Å²) in [6.45, 7) is 8.60. The molecule has 0 aliphatic carbocycles. The first-order valence-corrected chi connectivity index (χ1v) is 5.45. The summed E-state index contributed by atoms with van der Waals surface area (Å²) in [6, 6.07) is -0.469. The van der Waals surface area contributed by atoms with Gasteiger partial charge < -0.3 is 15.5 Å². The standard InChI is InChI=1S/C11H24N2O3/c1-8(9(16)13-10(2,3)4)12-11(5,6-14)7-15/h8,12,14-15H,6-7H2,1-5H3,(H,13,16). The molecule has 0 rings (SSSR count). The number of aliphatic hydroxyl groups is 2. The van der Waals surface area contributed by atoms with Gasteiger partial charge in [0.1, 0.15) is 0 Å². The molecule has 0 aliphatic heterocycles. The Morgan fingerprint density at radius 2 is 1.62 bits per heavy atom. The van der Waals surface area contributed by atoms with Crippen LogP contribution in [0.1, 0.15) is 34.6 Å². The van der Waals surface area contributed by atoms with Crippen LogP contribution in [-0.2, 0) is 4.79 Å². The zero-order chi connectivity index (χ0) is 13.0. The van der Waals surface area contributed by atoms with Gasteiger partial charge in [-0.25, -0.2) is 0 Å². The highest BCUT2D eigenvalue weighted by molar-refractivity contribution is 5.82. The minimum atomic E-state index is -0.839. The Balaban J connectivity index is 4.36. The monoisotopic (exact) mass is 232 g/mol. The van der Waals surface area contributed by atoms with Gasteiger partial charge in [-0.2, -0.15) is 0 Å². The molecular weight excluding hydrogens is 208 g/mol. The largest absolute Gasteiger partial charge is 0.394 e. The smallest absolute Gasteiger partial charge is 0.237 e. The van der Waals surface area contributed by atoms with E-state index < -0.39 is 11.6 Å². The number of nitrogens with one attached hydrogen (secondary N) is 2. The van der Waals surface area contributed by atoms with Crippen LogP contribution in [0.4, 0.5) is 0 Å². The molecule has 5 heteroatoms. The Kier molecular flexibility index (Phi) is 5.38. The number of aliphatic hydroxyl groups excluding tert-OH is 2. The molecule has 0 spiro atoms. The van der Waals surface area contributed by atoms with Gasteiger partial charge >= 0.3 is 0 Å². The van der Waals surface area contributed by atoms with Crippen molar-refractivity contribution >= 4 is 5.91 Å². The zero-order valence-electron chi connectivity index (χ0n) is 10.8. The van der Waals surface area contributed by atoms with E-state index in [1.165, 1.54) is 0 Å². The van der Waals surface area contributed by atoms with Crippen molar-refractivity contribution in [3.63, 3.8) is 0 Å². The first-order valence-electron chi connectivity index (χ1n) is 5.45. The van der Waals surface area contributed by atoms with Gasteiger partial charge in [-0.3, -0.25) is 10.1 Å². The molecular formula is C11H24N2O3. The molecule has 0 radical (unpaired) electrons. The Bertz CT molecular complexity index is 232. The van der Waals surface area contributed by atoms with Crippen molar-refractivity contribution in [2.24, 2.45) is 0 Å². The van der Waals surface area contributed by atoms with Crippen LogP contribution in [0.25, 0.3) is 0 Å². The maximum absolute atomic E-state index is 11.7. The maximum atomic E-state index is 11.7. The van der Waals surface area contributed by atoms with Crippen LogP contribution in [0.15, 0.2) is 0 Å². The highest BCUT2D eigenvalue weighted by Crippen LogP contribution is 2.05. The molecule has 0 saturated heterocycles. The molecule has 0 aromatic heterocycles. The molecule has 4 N–H and O–H groups in total. The summed E-state index contributed by atoms with van der Waals surface area (Å²) < 4.78 is 0. The van der Waals surface area contributed by atoms with Gasteiger partial charge in [0.05, 0.1) is 24.8 Å². The average Bonchev–Trinajstić information content (AvgIpc) is 2.15. The fourth-order valence-corrected chi connectivity index (χ4v) is 1.21. The highest BCUT2D eigenvalue weighted by Gasteiger charge is 2.28. The normalized spacial score (nSPS) is 14.7. The van der Waals surface area contributed by atoms with Crippen molar-refractivity contribution in [3.05, 3.63) is 0 Å². The van der Waals surface area contributed by atoms with E-state index in [0.29, 0.717) is 0 Å². The minimum absolute atomic E-state index is 0.152. The van der Waals surface area contributed by atoms with Crippen LogP contribution in [0, 0.1) is 0 Å². The molecule has 0 heterocycles. The quantitative estimate of drug-likeness (QED) is 0.521. The lowest BCUT2D eigenvalue weighted by molar-refractivity contribution is -0.125. The summed E-state index contributed by atoms with van der Waals surface area (Å²) in [5.74, 6) is -0.152. The van der Waals surface area contributed by atoms with E-state index in [2.05, 4.69) is 10.6 Å². The highest BCUT2D eigenvalue weighted by atomic mass is 16.3. The summed E-state index contributed by atoms with van der Waals surface area (Å²) >= 11 is 0. The van der Waals surface area contributed by atoms with Crippen LogP contribution in [0.5, 0.6) is 0 Å². The van der Waals surface area contributed by atoms with Crippen molar-refractivity contribution < 1.29 is 15.0 Å². The van der Waals surface area contributed by atoms with Gasteiger partial charge in [0.2, 0.25) is 5.91 Å². The molecule has 0 aliphatic rings. The first kappa shape index (κ1) is 15.3. The SMILES string of the molecule is CC(NC(C)(CO)CO)C(=O)NC(C)(C)C. The number of amides is 1. The third-order valence-corrected chi connectivity index (χ3v) is 2.15. The molecule has 5 nitrogen and oxygen atoms in total. The number of hydrogen-bond acceptors (Lipinski definition) is 4. The van der Waals surface area contributed by atoms with Gasteiger partial charge in [0.15, 0.2) is 0 Å². The molecule has 96 valence electrons. The molecule has 0 bridgehead atoms. The Morgan fingerprint density at radius 3 is 1.94 bits per heavy atom. The second-order valence-electron chi connectivity index (χ2n) is 5.48. The van der Waals surface area contributed by atoms with Crippen LogP contribution in [0.3, 0.4) is 0 Å². The van der Waals surface area contributed by atoms with Gasteiger partial charge in [0.25, 0.3) is 0 Å². The first-order chi connectivity index (χ1) is 7.13. The Labute approximate surface area is 97.2 Å². The van der Waals surface area contributed by atoms with E-state index in [-0.39, 0.29) is 24.7 Å². The van der Waals surface area contributed by atoms with Crippen LogP contribution < -0.4 is 10.6 Å². The fourth-order valence-electron chi connectivity index (χ4n) is 1.21. The summed E-state index contributed by atoms with van der Waals surface area (Å²) in [6.07, 6.45) is 0. The topological polar surface area (TPSA) is 81.6 Å². The molecule has 1 amide bonds. The molecule has 1 unspecified atom stereocenters. The lowest BCUT2D eigenvalue weighted by atomic mass is 10.0. The number of hydrogen-bond donors (Lipinski definition) is 4. The van der Waals surface area contributed by atoms with Crippen molar-refractivity contribution in [2.75, 3.05) is 13.2 Å². The average molecular weight is 232 g/mol. The van der Waals surface area contributed by atoms with E-state index in [9.17, 15) is 4.79 Å². The van der Waals surface area contributed by atoms with Crippen molar-refractivity contribution in [3.8, 4) is 0 Å². The van der Waals surface area contributed by atoms with E-state index >= 15 is 0 Å². The van der Waals surface area contributed by atoms with E-state index in [4.69, 9.17) is 10.2 Å². The third kappa shape index (κ3) is 5.44. The molecule has 1 atom stereocenters. The number of carbonyl (C=O) groups excluding carboxylic acids is 1. The second-order valence-corrected chi connectivity index (χ2v) is 5.48. The molecule has 16 heavy (non-hydrogen) atoms. The summed E-state index contributed by atoms with van der Waals surface area (Å²) in [5, 5.41) is 23.9. The Morgan fingerprint density at radius 1 is 1.19 bits per heavy atom. The zero-order valence-corrected chi connectivity index (χ0v) is 10.8. The van der Waals surface area contributed by atoms with Crippen molar-refractivity contribution in [2.45, 2.75) is 51.7 Å². The van der Waals surface area contributed by atoms with E-state index in [0.717, 1.165) is 0 Å². The third-order valence-electron chi connectivity index (χ3n) is 2.15. The van der Waals surface area contributed by atoms with Gasteiger partial charge in [-0.05, 0) is 34.6 Å². The summed E-state index contributed by atoms with van der Waals surface area (Å²) in [4.78, 5) is 11.7. The number of carbonyl (C=O) groups is 1. The predicted octanol–water partition coefficient (Wildman–Crippen LogP) is -0.377. The maximum Gasteiger partial charge on any atom is 0.237 e. The van der Waals surface area contributed by atoms with Crippen LogP contribution >= 0.6 is 0 Å².